The second-order valence-corrected chi connectivity index (χ2v) is 5.80. The van der Waals surface area contributed by atoms with Crippen molar-refractivity contribution in [2.45, 2.75) is 46.2 Å². The third-order valence-corrected chi connectivity index (χ3v) is 4.27. The maximum atomic E-state index is 6.45. The van der Waals surface area contributed by atoms with Crippen molar-refractivity contribution in [3.05, 3.63) is 40.4 Å². The molecule has 1 N–H and O–H groups in total. The van der Waals surface area contributed by atoms with Crippen molar-refractivity contribution < 1.29 is 0 Å². The lowest BCUT2D eigenvalue weighted by Crippen LogP contribution is -2.22. The zero-order chi connectivity index (χ0) is 15.4. The number of halogens is 1. The second kappa shape index (κ2) is 7.14. The molecule has 4 nitrogen and oxygen atoms in total. The van der Waals surface area contributed by atoms with Crippen molar-refractivity contribution in [2.24, 2.45) is 7.05 Å². The molecule has 0 saturated carbocycles. The van der Waals surface area contributed by atoms with E-state index in [0.717, 1.165) is 42.3 Å². The molecule has 5 heteroatoms. The van der Waals surface area contributed by atoms with E-state index in [2.05, 4.69) is 54.1 Å². The van der Waals surface area contributed by atoms with Gasteiger partial charge < -0.3 is 9.88 Å². The molecule has 0 aliphatic rings. The first kappa shape index (κ1) is 16.1. The fraction of sp³-hybridized carbons (Fsp3) is 0.562. The zero-order valence-electron chi connectivity index (χ0n) is 13.4. The molecular weight excluding hydrogens is 284 g/mol. The van der Waals surface area contributed by atoms with Crippen LogP contribution < -0.4 is 5.32 Å². The van der Waals surface area contributed by atoms with Crippen LogP contribution in [0.2, 0.25) is 5.02 Å². The third kappa shape index (κ3) is 3.50. The minimum Gasteiger partial charge on any atom is -0.344 e. The molecule has 0 spiro atoms. The highest BCUT2D eigenvalue weighted by molar-refractivity contribution is 6.31. The van der Waals surface area contributed by atoms with E-state index in [1.54, 1.807) is 0 Å². The van der Waals surface area contributed by atoms with Gasteiger partial charge in [0.2, 0.25) is 0 Å². The molecule has 0 saturated heterocycles. The van der Waals surface area contributed by atoms with Crippen LogP contribution in [-0.2, 0) is 20.0 Å². The largest absolute Gasteiger partial charge is 0.344 e. The van der Waals surface area contributed by atoms with Crippen LogP contribution in [0.15, 0.2) is 18.3 Å². The average Bonchev–Trinajstić information content (AvgIpc) is 3.04. The first-order valence-corrected chi connectivity index (χ1v) is 8.04. The Kier molecular flexibility index (Phi) is 5.48. The highest BCUT2D eigenvalue weighted by Gasteiger charge is 2.16. The zero-order valence-corrected chi connectivity index (χ0v) is 14.1. The summed E-state index contributed by atoms with van der Waals surface area (Å²) in [7, 11) is 1.96. The van der Waals surface area contributed by atoms with Gasteiger partial charge in [-0.05, 0) is 38.4 Å². The number of aromatic nitrogens is 3. The number of hydrogen-bond acceptors (Lipinski definition) is 2. The topological polar surface area (TPSA) is 34.8 Å². The van der Waals surface area contributed by atoms with Gasteiger partial charge in [0.05, 0.1) is 23.0 Å². The molecule has 2 aromatic rings. The first-order chi connectivity index (χ1) is 10.1. The number of nitrogens with one attached hydrogen (secondary N) is 1. The van der Waals surface area contributed by atoms with Gasteiger partial charge in [0.15, 0.2) is 0 Å². The van der Waals surface area contributed by atoms with Crippen LogP contribution in [0.5, 0.6) is 0 Å². The molecule has 21 heavy (non-hydrogen) atoms. The molecule has 0 aliphatic carbocycles. The van der Waals surface area contributed by atoms with E-state index in [1.165, 1.54) is 5.69 Å². The fourth-order valence-corrected chi connectivity index (χ4v) is 2.94. The maximum Gasteiger partial charge on any atom is 0.0868 e. The molecular formula is C16H25ClN4. The van der Waals surface area contributed by atoms with Crippen molar-refractivity contribution in [2.75, 3.05) is 6.54 Å². The SMILES string of the molecule is CCCNC(C)c1cccn1Cc1c(Cl)c(CC)nn1C. The van der Waals surface area contributed by atoms with Gasteiger partial charge in [0.1, 0.15) is 0 Å². The Hall–Kier alpha value is -1.26. The van der Waals surface area contributed by atoms with Gasteiger partial charge >= 0.3 is 0 Å². The van der Waals surface area contributed by atoms with E-state index in [-0.39, 0.29) is 0 Å². The first-order valence-electron chi connectivity index (χ1n) is 7.67. The van der Waals surface area contributed by atoms with Gasteiger partial charge in [-0.15, -0.1) is 0 Å². The van der Waals surface area contributed by atoms with Gasteiger partial charge in [0.25, 0.3) is 0 Å². The number of aryl methyl sites for hydroxylation is 2. The summed E-state index contributed by atoms with van der Waals surface area (Å²) >= 11 is 6.45. The number of rotatable bonds is 7. The highest BCUT2D eigenvalue weighted by atomic mass is 35.5. The molecule has 2 heterocycles. The van der Waals surface area contributed by atoms with Crippen molar-refractivity contribution in [1.82, 2.24) is 19.7 Å². The Bertz CT molecular complexity index is 585. The van der Waals surface area contributed by atoms with Crippen LogP contribution in [0.1, 0.15) is 50.3 Å². The molecule has 0 amide bonds. The minimum absolute atomic E-state index is 0.331. The summed E-state index contributed by atoms with van der Waals surface area (Å²) in [5.41, 5.74) is 3.31. The summed E-state index contributed by atoms with van der Waals surface area (Å²) in [5, 5.41) is 8.82. The average molecular weight is 309 g/mol. The molecule has 0 aliphatic heterocycles. The van der Waals surface area contributed by atoms with E-state index >= 15 is 0 Å². The third-order valence-electron chi connectivity index (χ3n) is 3.83. The van der Waals surface area contributed by atoms with Crippen LogP contribution >= 0.6 is 11.6 Å². The van der Waals surface area contributed by atoms with Gasteiger partial charge in [-0.3, -0.25) is 4.68 Å². The van der Waals surface area contributed by atoms with Crippen LogP contribution in [0.4, 0.5) is 0 Å². The van der Waals surface area contributed by atoms with Crippen LogP contribution in [0.25, 0.3) is 0 Å². The lowest BCUT2D eigenvalue weighted by atomic mass is 10.2. The van der Waals surface area contributed by atoms with Crippen LogP contribution in [0.3, 0.4) is 0 Å². The van der Waals surface area contributed by atoms with Gasteiger partial charge in [-0.1, -0.05) is 25.4 Å². The standard InChI is InChI=1S/C16H25ClN4/c1-5-9-18-12(3)14-8-7-10-21(14)11-15-16(17)13(6-2)19-20(15)4/h7-8,10,12,18H,5-6,9,11H2,1-4H3. The van der Waals surface area contributed by atoms with Crippen LogP contribution in [-0.4, -0.2) is 20.9 Å². The molecule has 2 aromatic heterocycles. The minimum atomic E-state index is 0.331. The predicted molar refractivity (Wildman–Crippen MR) is 87.8 cm³/mol. The molecule has 1 unspecified atom stereocenters. The summed E-state index contributed by atoms with van der Waals surface area (Å²) in [5.74, 6) is 0. The molecule has 0 fully saturated rings. The Balaban J connectivity index is 2.21. The van der Waals surface area contributed by atoms with E-state index in [1.807, 2.05) is 11.7 Å². The monoisotopic (exact) mass is 308 g/mol. The summed E-state index contributed by atoms with van der Waals surface area (Å²) in [4.78, 5) is 0. The van der Waals surface area contributed by atoms with Gasteiger partial charge in [-0.2, -0.15) is 5.10 Å². The van der Waals surface area contributed by atoms with Gasteiger partial charge in [-0.25, -0.2) is 0 Å². The fourth-order valence-electron chi connectivity index (χ4n) is 2.58. The molecule has 0 radical (unpaired) electrons. The lowest BCUT2D eigenvalue weighted by Gasteiger charge is -2.17. The van der Waals surface area contributed by atoms with E-state index in [4.69, 9.17) is 11.6 Å². The van der Waals surface area contributed by atoms with Crippen molar-refractivity contribution in [1.29, 1.82) is 0 Å². The molecule has 0 aromatic carbocycles. The van der Waals surface area contributed by atoms with Crippen molar-refractivity contribution in [3.8, 4) is 0 Å². The summed E-state index contributed by atoms with van der Waals surface area (Å²) < 4.78 is 4.14. The Labute approximate surface area is 132 Å². The smallest absolute Gasteiger partial charge is 0.0868 e. The van der Waals surface area contributed by atoms with Crippen LogP contribution in [0, 0.1) is 0 Å². The number of hydrogen-bond donors (Lipinski definition) is 1. The normalized spacial score (nSPS) is 12.8. The summed E-state index contributed by atoms with van der Waals surface area (Å²) in [6.45, 7) is 8.24. The Morgan fingerprint density at radius 3 is 2.76 bits per heavy atom. The predicted octanol–water partition coefficient (Wildman–Crippen LogP) is 3.55. The van der Waals surface area contributed by atoms with E-state index in [9.17, 15) is 0 Å². The second-order valence-electron chi connectivity index (χ2n) is 5.42. The molecule has 2 rings (SSSR count). The molecule has 0 bridgehead atoms. The van der Waals surface area contributed by atoms with Crippen molar-refractivity contribution >= 4 is 11.6 Å². The lowest BCUT2D eigenvalue weighted by molar-refractivity contribution is 0.529. The van der Waals surface area contributed by atoms with E-state index in [0.29, 0.717) is 6.04 Å². The highest BCUT2D eigenvalue weighted by Crippen LogP contribution is 2.23. The van der Waals surface area contributed by atoms with E-state index < -0.39 is 0 Å². The molecule has 1 atom stereocenters. The summed E-state index contributed by atoms with van der Waals surface area (Å²) in [6, 6.07) is 4.58. The number of nitrogens with zero attached hydrogens (tertiary/aromatic N) is 3. The van der Waals surface area contributed by atoms with Gasteiger partial charge in [0, 0.05) is 25.0 Å². The Morgan fingerprint density at radius 2 is 2.14 bits per heavy atom. The quantitative estimate of drug-likeness (QED) is 0.849. The molecule has 116 valence electrons. The summed E-state index contributed by atoms with van der Waals surface area (Å²) in [6.07, 6.45) is 4.10. The van der Waals surface area contributed by atoms with Crippen molar-refractivity contribution in [3.63, 3.8) is 0 Å². The maximum absolute atomic E-state index is 6.45. The Morgan fingerprint density at radius 1 is 1.38 bits per heavy atom.